The zero-order valence-corrected chi connectivity index (χ0v) is 15.0. The Hall–Kier alpha value is -1.43. The Labute approximate surface area is 149 Å². The Bertz CT molecular complexity index is 615. The highest BCUT2D eigenvalue weighted by molar-refractivity contribution is 5.75. The molecule has 0 aliphatic carbocycles. The van der Waals surface area contributed by atoms with Gasteiger partial charge in [0.2, 0.25) is 5.91 Å². The maximum absolute atomic E-state index is 12.3. The quantitative estimate of drug-likeness (QED) is 0.841. The monoisotopic (exact) mass is 344 g/mol. The van der Waals surface area contributed by atoms with Gasteiger partial charge in [-0.25, -0.2) is 5.06 Å². The summed E-state index contributed by atoms with van der Waals surface area (Å²) < 4.78 is 6.02. The minimum absolute atomic E-state index is 0.0721. The van der Waals surface area contributed by atoms with E-state index in [2.05, 4.69) is 36.1 Å². The molecule has 3 saturated heterocycles. The van der Waals surface area contributed by atoms with Crippen LogP contribution in [0.3, 0.4) is 0 Å². The van der Waals surface area contributed by atoms with E-state index in [1.165, 1.54) is 16.2 Å². The molecule has 3 aliphatic rings. The van der Waals surface area contributed by atoms with E-state index in [-0.39, 0.29) is 12.0 Å². The first-order valence-corrected chi connectivity index (χ1v) is 9.52. The number of amides is 1. The van der Waals surface area contributed by atoms with Gasteiger partial charge < -0.3 is 4.74 Å². The molecule has 136 valence electrons. The summed E-state index contributed by atoms with van der Waals surface area (Å²) in [6.45, 7) is 7.49. The van der Waals surface area contributed by atoms with Gasteiger partial charge in [-0.15, -0.1) is 0 Å². The lowest BCUT2D eigenvalue weighted by molar-refractivity contribution is -0.171. The van der Waals surface area contributed by atoms with Crippen LogP contribution in [0.2, 0.25) is 0 Å². The molecule has 25 heavy (non-hydrogen) atoms. The molecule has 3 fully saturated rings. The number of fused-ring (bicyclic) bond motifs is 1. The summed E-state index contributed by atoms with van der Waals surface area (Å²) in [7, 11) is 0. The zero-order valence-electron chi connectivity index (χ0n) is 15.0. The number of aryl methyl sites for hydroxylation is 1. The Balaban J connectivity index is 1.31. The van der Waals surface area contributed by atoms with Crippen molar-refractivity contribution in [3.05, 3.63) is 35.4 Å². The molecule has 0 aromatic heterocycles. The highest BCUT2D eigenvalue weighted by atomic mass is 16.7. The van der Waals surface area contributed by atoms with Gasteiger partial charge in [0.1, 0.15) is 0 Å². The number of piperidine rings is 1. The maximum Gasteiger partial charge on any atom is 0.248 e. The fraction of sp³-hybridized carbons (Fsp3) is 0.650. The first-order chi connectivity index (χ1) is 12.2. The average Bonchev–Trinajstić information content (AvgIpc) is 3.25. The topological polar surface area (TPSA) is 42.0 Å². The number of ether oxygens (including phenoxy) is 1. The van der Waals surface area contributed by atoms with Crippen molar-refractivity contribution in [1.82, 2.24) is 9.96 Å². The predicted octanol–water partition coefficient (Wildman–Crippen LogP) is 2.39. The molecule has 1 aromatic rings. The summed E-state index contributed by atoms with van der Waals surface area (Å²) >= 11 is 0. The Morgan fingerprint density at radius 2 is 2.24 bits per heavy atom. The molecule has 0 radical (unpaired) electrons. The lowest BCUT2D eigenvalue weighted by atomic mass is 9.83. The Morgan fingerprint density at radius 1 is 1.32 bits per heavy atom. The Morgan fingerprint density at radius 3 is 3.04 bits per heavy atom. The molecule has 3 atom stereocenters. The van der Waals surface area contributed by atoms with Gasteiger partial charge in [0.05, 0.1) is 32.3 Å². The molecular weight excluding hydrogens is 316 g/mol. The second-order valence-electron chi connectivity index (χ2n) is 7.70. The summed E-state index contributed by atoms with van der Waals surface area (Å²) in [6, 6.07) is 8.76. The van der Waals surface area contributed by atoms with E-state index in [0.29, 0.717) is 24.9 Å². The van der Waals surface area contributed by atoms with Crippen molar-refractivity contribution in [3.8, 4) is 0 Å². The van der Waals surface area contributed by atoms with E-state index < -0.39 is 0 Å². The molecule has 3 aliphatic heterocycles. The molecule has 0 spiro atoms. The second kappa shape index (κ2) is 7.44. The molecule has 1 amide bonds. The van der Waals surface area contributed by atoms with Crippen molar-refractivity contribution in [3.63, 3.8) is 0 Å². The first kappa shape index (κ1) is 17.0. The molecule has 1 aromatic carbocycles. The van der Waals surface area contributed by atoms with Gasteiger partial charge in [0.15, 0.2) is 0 Å². The van der Waals surface area contributed by atoms with Crippen LogP contribution in [0.4, 0.5) is 0 Å². The number of hydrogen-bond donors (Lipinski definition) is 0. The fourth-order valence-corrected chi connectivity index (χ4v) is 4.50. The molecule has 0 N–H and O–H groups in total. The van der Waals surface area contributed by atoms with Gasteiger partial charge in [-0.3, -0.25) is 14.5 Å². The van der Waals surface area contributed by atoms with Gasteiger partial charge in [-0.1, -0.05) is 29.8 Å². The zero-order chi connectivity index (χ0) is 17.2. The van der Waals surface area contributed by atoms with Crippen LogP contribution in [0.1, 0.15) is 30.4 Å². The smallest absolute Gasteiger partial charge is 0.248 e. The van der Waals surface area contributed by atoms with Gasteiger partial charge in [0, 0.05) is 19.0 Å². The molecule has 4 rings (SSSR count). The third-order valence-corrected chi connectivity index (χ3v) is 5.77. The van der Waals surface area contributed by atoms with Gasteiger partial charge >= 0.3 is 0 Å². The van der Waals surface area contributed by atoms with Crippen molar-refractivity contribution < 1.29 is 14.4 Å². The molecule has 0 bridgehead atoms. The van der Waals surface area contributed by atoms with Gasteiger partial charge in [-0.2, -0.15) is 0 Å². The van der Waals surface area contributed by atoms with E-state index in [0.717, 1.165) is 45.6 Å². The van der Waals surface area contributed by atoms with Crippen molar-refractivity contribution in [2.75, 3.05) is 32.8 Å². The number of benzene rings is 1. The molecule has 5 nitrogen and oxygen atoms in total. The maximum atomic E-state index is 12.3. The number of hydrogen-bond acceptors (Lipinski definition) is 4. The number of carbonyl (C=O) groups is 1. The number of likely N-dealkylation sites (tertiary alicyclic amines) is 1. The number of nitrogens with zero attached hydrogens (tertiary/aromatic N) is 2. The number of hydroxylamine groups is 2. The second-order valence-corrected chi connectivity index (χ2v) is 7.70. The van der Waals surface area contributed by atoms with Gasteiger partial charge in [0.25, 0.3) is 0 Å². The normalized spacial score (nSPS) is 29.8. The summed E-state index contributed by atoms with van der Waals surface area (Å²) in [5.41, 5.74) is 2.70. The molecule has 3 heterocycles. The van der Waals surface area contributed by atoms with E-state index in [4.69, 9.17) is 9.57 Å². The molecule has 5 heteroatoms. The van der Waals surface area contributed by atoms with Crippen LogP contribution in [0.25, 0.3) is 0 Å². The average molecular weight is 344 g/mol. The highest BCUT2D eigenvalue weighted by Gasteiger charge is 2.42. The van der Waals surface area contributed by atoms with Crippen LogP contribution < -0.4 is 0 Å². The largest absolute Gasteiger partial charge is 0.377 e. The third-order valence-electron chi connectivity index (χ3n) is 5.77. The van der Waals surface area contributed by atoms with Crippen LogP contribution in [0.5, 0.6) is 0 Å². The molecule has 0 saturated carbocycles. The number of rotatable bonds is 4. The van der Waals surface area contributed by atoms with Crippen LogP contribution in [0.15, 0.2) is 24.3 Å². The third kappa shape index (κ3) is 3.89. The van der Waals surface area contributed by atoms with E-state index in [1.54, 1.807) is 0 Å². The summed E-state index contributed by atoms with van der Waals surface area (Å²) in [5, 5.41) is 1.53. The van der Waals surface area contributed by atoms with E-state index in [1.807, 2.05) is 0 Å². The molecular formula is C20H28N2O3. The van der Waals surface area contributed by atoms with E-state index >= 15 is 0 Å². The van der Waals surface area contributed by atoms with E-state index in [9.17, 15) is 4.79 Å². The summed E-state index contributed by atoms with van der Waals surface area (Å²) in [6.07, 6.45) is 2.61. The Kier molecular flexibility index (Phi) is 5.06. The minimum atomic E-state index is 0.0721. The van der Waals surface area contributed by atoms with Crippen LogP contribution in [-0.2, 0) is 20.9 Å². The van der Waals surface area contributed by atoms with Crippen molar-refractivity contribution >= 4 is 5.91 Å². The van der Waals surface area contributed by atoms with Crippen LogP contribution >= 0.6 is 0 Å². The minimum Gasteiger partial charge on any atom is -0.377 e. The summed E-state index contributed by atoms with van der Waals surface area (Å²) in [4.78, 5) is 20.2. The van der Waals surface area contributed by atoms with Gasteiger partial charge in [-0.05, 0) is 37.8 Å². The first-order valence-electron chi connectivity index (χ1n) is 9.52. The van der Waals surface area contributed by atoms with Crippen LogP contribution in [-0.4, -0.2) is 54.8 Å². The van der Waals surface area contributed by atoms with Crippen LogP contribution in [0, 0.1) is 18.8 Å². The SMILES string of the molecule is Cc1cccc(CN2CC[C@@H]3[C@@H](CO[C@@H]3CC(=O)N3CCCO3)C2)c1. The highest BCUT2D eigenvalue weighted by Crippen LogP contribution is 2.36. The van der Waals surface area contributed by atoms with Crippen molar-refractivity contribution in [2.24, 2.45) is 11.8 Å². The van der Waals surface area contributed by atoms with Crippen molar-refractivity contribution in [1.29, 1.82) is 0 Å². The molecule has 0 unspecified atom stereocenters. The lowest BCUT2D eigenvalue weighted by Crippen LogP contribution is -2.42. The van der Waals surface area contributed by atoms with Crippen molar-refractivity contribution in [2.45, 2.75) is 38.8 Å². The summed E-state index contributed by atoms with van der Waals surface area (Å²) in [5.74, 6) is 1.15. The standard InChI is InChI=1S/C20H28N2O3/c1-15-4-2-5-16(10-15)12-21-8-6-18-17(13-21)14-24-19(18)11-20(23)22-7-3-9-25-22/h2,4-5,10,17-19H,3,6-9,11-14H2,1H3/t17-,18-,19-/m1/s1. The lowest BCUT2D eigenvalue weighted by Gasteiger charge is -2.35. The fourth-order valence-electron chi connectivity index (χ4n) is 4.50. The predicted molar refractivity (Wildman–Crippen MR) is 94.7 cm³/mol. The number of carbonyl (C=O) groups excluding carboxylic acids is 1.